The minimum absolute atomic E-state index is 0.0752. The minimum atomic E-state index is -3.60. The van der Waals surface area contributed by atoms with E-state index in [1.807, 2.05) is 19.1 Å². The Bertz CT molecular complexity index is 1140. The van der Waals surface area contributed by atoms with Crippen LogP contribution in [0.15, 0.2) is 42.5 Å². The van der Waals surface area contributed by atoms with E-state index >= 15 is 0 Å². The van der Waals surface area contributed by atoms with Gasteiger partial charge in [-0.1, -0.05) is 54.7 Å². The molecular formula is C26H35Cl2N3O4S. The van der Waals surface area contributed by atoms with E-state index in [1.165, 1.54) is 9.21 Å². The molecule has 0 unspecified atom stereocenters. The molecule has 0 heterocycles. The van der Waals surface area contributed by atoms with Gasteiger partial charge in [0.15, 0.2) is 0 Å². The third-order valence-electron chi connectivity index (χ3n) is 5.92. The van der Waals surface area contributed by atoms with Crippen molar-refractivity contribution in [2.75, 3.05) is 23.7 Å². The molecule has 0 radical (unpaired) electrons. The van der Waals surface area contributed by atoms with E-state index in [0.717, 1.165) is 24.7 Å². The van der Waals surface area contributed by atoms with Crippen molar-refractivity contribution in [2.24, 2.45) is 0 Å². The van der Waals surface area contributed by atoms with Crippen molar-refractivity contribution in [1.82, 2.24) is 10.2 Å². The first-order chi connectivity index (χ1) is 17.0. The molecule has 2 aromatic carbocycles. The summed E-state index contributed by atoms with van der Waals surface area (Å²) in [6.45, 7) is 6.39. The van der Waals surface area contributed by atoms with Gasteiger partial charge >= 0.3 is 0 Å². The van der Waals surface area contributed by atoms with E-state index in [0.29, 0.717) is 27.8 Å². The van der Waals surface area contributed by atoms with Crippen LogP contribution in [0.4, 0.5) is 5.69 Å². The van der Waals surface area contributed by atoms with Gasteiger partial charge < -0.3 is 10.2 Å². The van der Waals surface area contributed by atoms with Gasteiger partial charge in [-0.05, 0) is 62.1 Å². The maximum absolute atomic E-state index is 13.3. The Hall–Kier alpha value is -2.29. The lowest BCUT2D eigenvalue weighted by atomic mass is 10.1. The van der Waals surface area contributed by atoms with Gasteiger partial charge in [-0.2, -0.15) is 0 Å². The highest BCUT2D eigenvalue weighted by Gasteiger charge is 2.27. The summed E-state index contributed by atoms with van der Waals surface area (Å²) in [4.78, 5) is 27.6. The standard InChI is InChI=1S/C26H35Cl2N3O4S/c1-5-6-16-29-26(33)20(3)30(18-21-12-14-22(27)15-13-21)25(32)11-8-17-31(36(4,34)35)24-10-7-9-23(28)19(24)2/h7,9-10,12-15,20H,5-6,8,11,16-18H2,1-4H3,(H,29,33)/t20-/m1/s1. The second-order valence-corrected chi connectivity index (χ2v) is 11.5. The average Bonchev–Trinajstić information content (AvgIpc) is 2.82. The van der Waals surface area contributed by atoms with Crippen LogP contribution >= 0.6 is 23.2 Å². The van der Waals surface area contributed by atoms with Gasteiger partial charge in [0.2, 0.25) is 21.8 Å². The van der Waals surface area contributed by atoms with Crippen LogP contribution in [0.25, 0.3) is 0 Å². The van der Waals surface area contributed by atoms with Crippen LogP contribution in [0.5, 0.6) is 0 Å². The third kappa shape index (κ3) is 8.68. The molecule has 2 aromatic rings. The molecule has 198 valence electrons. The van der Waals surface area contributed by atoms with Crippen molar-refractivity contribution < 1.29 is 18.0 Å². The molecule has 2 rings (SSSR count). The number of anilines is 1. The molecule has 2 amide bonds. The Morgan fingerprint density at radius 1 is 1.06 bits per heavy atom. The number of carbonyl (C=O) groups excluding carboxylic acids is 2. The van der Waals surface area contributed by atoms with Crippen LogP contribution in [-0.2, 0) is 26.2 Å². The van der Waals surface area contributed by atoms with E-state index in [4.69, 9.17) is 23.2 Å². The Morgan fingerprint density at radius 3 is 2.33 bits per heavy atom. The van der Waals surface area contributed by atoms with Gasteiger partial charge in [-0.15, -0.1) is 0 Å². The van der Waals surface area contributed by atoms with E-state index in [9.17, 15) is 18.0 Å². The van der Waals surface area contributed by atoms with Crippen molar-refractivity contribution in [2.45, 2.75) is 59.0 Å². The maximum atomic E-state index is 13.3. The molecule has 0 spiro atoms. The number of sulfonamides is 1. The lowest BCUT2D eigenvalue weighted by Gasteiger charge is -2.29. The molecule has 1 atom stereocenters. The van der Waals surface area contributed by atoms with E-state index < -0.39 is 16.1 Å². The number of nitrogens with one attached hydrogen (secondary N) is 1. The van der Waals surface area contributed by atoms with Gasteiger partial charge in [-0.3, -0.25) is 13.9 Å². The van der Waals surface area contributed by atoms with Gasteiger partial charge in [0, 0.05) is 36.1 Å². The van der Waals surface area contributed by atoms with Crippen molar-refractivity contribution in [1.29, 1.82) is 0 Å². The fraction of sp³-hybridized carbons (Fsp3) is 0.462. The van der Waals surface area contributed by atoms with Crippen LogP contribution in [0, 0.1) is 6.92 Å². The number of halogens is 2. The van der Waals surface area contributed by atoms with Gasteiger partial charge in [0.1, 0.15) is 6.04 Å². The first-order valence-electron chi connectivity index (χ1n) is 12.0. The summed E-state index contributed by atoms with van der Waals surface area (Å²) in [6, 6.07) is 11.5. The highest BCUT2D eigenvalue weighted by Crippen LogP contribution is 2.28. The quantitative estimate of drug-likeness (QED) is 0.345. The Labute approximate surface area is 224 Å². The molecule has 0 bridgehead atoms. The van der Waals surface area contributed by atoms with E-state index in [2.05, 4.69) is 5.32 Å². The first kappa shape index (κ1) is 29.9. The summed E-state index contributed by atoms with van der Waals surface area (Å²) < 4.78 is 26.3. The van der Waals surface area contributed by atoms with Crippen molar-refractivity contribution in [3.63, 3.8) is 0 Å². The lowest BCUT2D eigenvalue weighted by Crippen LogP contribution is -2.48. The molecule has 0 aliphatic carbocycles. The molecule has 1 N–H and O–H groups in total. The van der Waals surface area contributed by atoms with E-state index in [1.54, 1.807) is 44.2 Å². The molecule has 36 heavy (non-hydrogen) atoms. The molecule has 0 aliphatic heterocycles. The Morgan fingerprint density at radius 2 is 1.72 bits per heavy atom. The zero-order chi connectivity index (χ0) is 26.9. The third-order valence-corrected chi connectivity index (χ3v) is 7.76. The molecular weight excluding hydrogens is 521 g/mol. The van der Waals surface area contributed by atoms with Crippen LogP contribution in [0.2, 0.25) is 10.0 Å². The zero-order valence-corrected chi connectivity index (χ0v) is 23.6. The van der Waals surface area contributed by atoms with Crippen LogP contribution in [0.1, 0.15) is 50.7 Å². The molecule has 7 nitrogen and oxygen atoms in total. The summed E-state index contributed by atoms with van der Waals surface area (Å²) in [6.07, 6.45) is 3.29. The monoisotopic (exact) mass is 555 g/mol. The summed E-state index contributed by atoms with van der Waals surface area (Å²) in [5.74, 6) is -0.461. The smallest absolute Gasteiger partial charge is 0.242 e. The van der Waals surface area contributed by atoms with Crippen LogP contribution < -0.4 is 9.62 Å². The number of amides is 2. The first-order valence-corrected chi connectivity index (χ1v) is 14.6. The molecule has 0 aliphatic rings. The fourth-order valence-electron chi connectivity index (χ4n) is 3.75. The van der Waals surface area contributed by atoms with Gasteiger partial charge in [0.05, 0.1) is 11.9 Å². The largest absolute Gasteiger partial charge is 0.354 e. The second kappa shape index (κ2) is 13.9. The lowest BCUT2D eigenvalue weighted by molar-refractivity contribution is -0.140. The zero-order valence-electron chi connectivity index (χ0n) is 21.3. The van der Waals surface area contributed by atoms with Crippen LogP contribution in [-0.4, -0.2) is 50.5 Å². The molecule has 0 saturated carbocycles. The van der Waals surface area contributed by atoms with Crippen molar-refractivity contribution in [3.8, 4) is 0 Å². The molecule has 0 fully saturated rings. The Balaban J connectivity index is 2.17. The predicted molar refractivity (Wildman–Crippen MR) is 147 cm³/mol. The Kier molecular flexibility index (Phi) is 11.5. The second-order valence-electron chi connectivity index (χ2n) is 8.79. The fourth-order valence-corrected chi connectivity index (χ4v) is 5.07. The van der Waals surface area contributed by atoms with Crippen LogP contribution in [0.3, 0.4) is 0 Å². The summed E-state index contributed by atoms with van der Waals surface area (Å²) in [5.41, 5.74) is 1.98. The van der Waals surface area contributed by atoms with Crippen molar-refractivity contribution in [3.05, 3.63) is 63.6 Å². The number of hydrogen-bond acceptors (Lipinski definition) is 4. The maximum Gasteiger partial charge on any atom is 0.242 e. The van der Waals surface area contributed by atoms with E-state index in [-0.39, 0.29) is 37.7 Å². The van der Waals surface area contributed by atoms with Gasteiger partial charge in [-0.25, -0.2) is 8.42 Å². The number of unbranched alkanes of at least 4 members (excludes halogenated alkanes) is 1. The number of hydrogen-bond donors (Lipinski definition) is 1. The highest BCUT2D eigenvalue weighted by atomic mass is 35.5. The normalized spacial score (nSPS) is 12.2. The minimum Gasteiger partial charge on any atom is -0.354 e. The number of benzene rings is 2. The molecule has 10 heteroatoms. The predicted octanol–water partition coefficient (Wildman–Crippen LogP) is 5.18. The summed E-state index contributed by atoms with van der Waals surface area (Å²) in [7, 11) is -3.60. The van der Waals surface area contributed by atoms with Crippen molar-refractivity contribution >= 4 is 50.7 Å². The number of carbonyl (C=O) groups is 2. The SMILES string of the molecule is CCCCNC(=O)[C@@H](C)N(Cc1ccc(Cl)cc1)C(=O)CCCN(c1cccc(Cl)c1C)S(C)(=O)=O. The molecule has 0 saturated heterocycles. The summed E-state index contributed by atoms with van der Waals surface area (Å²) >= 11 is 12.2. The molecule has 0 aromatic heterocycles. The summed E-state index contributed by atoms with van der Waals surface area (Å²) in [5, 5.41) is 3.94. The average molecular weight is 557 g/mol. The topological polar surface area (TPSA) is 86.8 Å². The number of rotatable bonds is 13. The number of nitrogens with zero attached hydrogens (tertiary/aromatic N) is 2. The van der Waals surface area contributed by atoms with Gasteiger partial charge in [0.25, 0.3) is 0 Å². The highest BCUT2D eigenvalue weighted by molar-refractivity contribution is 7.92.